The largest absolute Gasteiger partial charge is 0.460 e. The lowest BCUT2D eigenvalue weighted by molar-refractivity contribution is -0.380. The van der Waals surface area contributed by atoms with Crippen LogP contribution in [0, 0.1) is 0 Å². The number of morpholine rings is 1. The standard InChI is InChI=1S/C11H15N3O4/c1-2-18-11(16)9-8(12-7-13-9)10(15)14-3-5-17-6-4-14/h7H,2-6H2,1H3,(H,12,13)/p+1. The molecule has 0 aromatic carbocycles. The fourth-order valence-electron chi connectivity index (χ4n) is 1.78. The molecule has 0 bridgehead atoms. The van der Waals surface area contributed by atoms with Crippen molar-refractivity contribution in [1.29, 1.82) is 0 Å². The van der Waals surface area contributed by atoms with E-state index in [2.05, 4.69) is 9.97 Å². The maximum Gasteiger partial charge on any atom is 0.383 e. The molecule has 1 aliphatic rings. The summed E-state index contributed by atoms with van der Waals surface area (Å²) in [6, 6.07) is 0. The minimum absolute atomic E-state index is 0.161. The minimum Gasteiger partial charge on any atom is -0.460 e. The molecule has 0 spiro atoms. The van der Waals surface area contributed by atoms with E-state index < -0.39 is 5.97 Å². The van der Waals surface area contributed by atoms with Crippen LogP contribution in [-0.4, -0.2) is 54.7 Å². The monoisotopic (exact) mass is 254 g/mol. The van der Waals surface area contributed by atoms with Gasteiger partial charge in [-0.05, 0) is 6.92 Å². The van der Waals surface area contributed by atoms with Crippen LogP contribution in [0.2, 0.25) is 0 Å². The molecule has 1 aliphatic heterocycles. The van der Waals surface area contributed by atoms with Crippen molar-refractivity contribution in [1.82, 2.24) is 9.88 Å². The summed E-state index contributed by atoms with van der Waals surface area (Å²) in [7, 11) is 0. The molecule has 2 heterocycles. The molecule has 2 N–H and O–H groups in total. The normalized spacial score (nSPS) is 15.5. The van der Waals surface area contributed by atoms with E-state index in [-0.39, 0.29) is 23.9 Å². The highest BCUT2D eigenvalue weighted by Crippen LogP contribution is 2.08. The van der Waals surface area contributed by atoms with Crippen LogP contribution in [0.1, 0.15) is 27.9 Å². The predicted octanol–water partition coefficient (Wildman–Crippen LogP) is -0.522. The molecule has 1 saturated heterocycles. The number of nitrogens with one attached hydrogen (secondary N) is 2. The van der Waals surface area contributed by atoms with Crippen LogP contribution in [0.25, 0.3) is 0 Å². The van der Waals surface area contributed by atoms with Crippen molar-refractivity contribution in [3.8, 4) is 0 Å². The maximum atomic E-state index is 12.2. The Balaban J connectivity index is 2.15. The van der Waals surface area contributed by atoms with Crippen molar-refractivity contribution >= 4 is 11.9 Å². The van der Waals surface area contributed by atoms with Gasteiger partial charge in [-0.1, -0.05) is 0 Å². The van der Waals surface area contributed by atoms with Gasteiger partial charge in [0, 0.05) is 13.1 Å². The smallest absolute Gasteiger partial charge is 0.383 e. The van der Waals surface area contributed by atoms with Crippen LogP contribution in [-0.2, 0) is 9.47 Å². The van der Waals surface area contributed by atoms with Crippen LogP contribution in [0.4, 0.5) is 0 Å². The predicted molar refractivity (Wildman–Crippen MR) is 60.0 cm³/mol. The zero-order chi connectivity index (χ0) is 13.0. The molecule has 1 amide bonds. The molecule has 1 aromatic rings. The quantitative estimate of drug-likeness (QED) is 0.735. The highest BCUT2D eigenvalue weighted by Gasteiger charge is 2.30. The van der Waals surface area contributed by atoms with Crippen molar-refractivity contribution in [2.24, 2.45) is 0 Å². The van der Waals surface area contributed by atoms with Crippen molar-refractivity contribution in [3.05, 3.63) is 17.7 Å². The molecule has 18 heavy (non-hydrogen) atoms. The molecule has 0 saturated carbocycles. The number of carbonyl (C=O) groups is 2. The number of carbonyl (C=O) groups excluding carboxylic acids is 2. The van der Waals surface area contributed by atoms with E-state index in [1.807, 2.05) is 0 Å². The van der Waals surface area contributed by atoms with Gasteiger partial charge in [0.1, 0.15) is 0 Å². The third kappa shape index (κ3) is 2.51. The van der Waals surface area contributed by atoms with Gasteiger partial charge in [0.15, 0.2) is 0 Å². The highest BCUT2D eigenvalue weighted by atomic mass is 16.5. The molecule has 1 fully saturated rings. The number of aromatic amines is 2. The molecule has 7 nitrogen and oxygen atoms in total. The summed E-state index contributed by atoms with van der Waals surface area (Å²) in [5, 5.41) is 0. The molecule has 0 unspecified atom stereocenters. The summed E-state index contributed by atoms with van der Waals surface area (Å²) in [5.41, 5.74) is 0.392. The second-order valence-corrected chi connectivity index (χ2v) is 3.81. The Morgan fingerprint density at radius 1 is 1.50 bits per heavy atom. The van der Waals surface area contributed by atoms with Gasteiger partial charge in [-0.2, -0.15) is 0 Å². The van der Waals surface area contributed by atoms with Crippen molar-refractivity contribution < 1.29 is 24.0 Å². The second kappa shape index (κ2) is 5.63. The fourth-order valence-corrected chi connectivity index (χ4v) is 1.78. The summed E-state index contributed by atoms with van der Waals surface area (Å²) >= 11 is 0. The third-order valence-corrected chi connectivity index (χ3v) is 2.67. The topological polar surface area (TPSA) is 85.8 Å². The number of rotatable bonds is 3. The number of amides is 1. The molecule has 7 heteroatoms. The van der Waals surface area contributed by atoms with E-state index in [9.17, 15) is 9.59 Å². The van der Waals surface area contributed by atoms with E-state index in [1.54, 1.807) is 11.8 Å². The number of esters is 1. The summed E-state index contributed by atoms with van der Waals surface area (Å²) in [6.07, 6.45) is 1.44. The van der Waals surface area contributed by atoms with Crippen LogP contribution >= 0.6 is 0 Å². The summed E-state index contributed by atoms with van der Waals surface area (Å²) in [5.74, 6) is -0.752. The van der Waals surface area contributed by atoms with Gasteiger partial charge in [-0.15, -0.1) is 0 Å². The van der Waals surface area contributed by atoms with E-state index >= 15 is 0 Å². The van der Waals surface area contributed by atoms with Gasteiger partial charge >= 0.3 is 5.97 Å². The van der Waals surface area contributed by atoms with Gasteiger partial charge in [0.25, 0.3) is 11.6 Å². The number of H-pyrrole nitrogens is 2. The number of imidazole rings is 1. The van der Waals surface area contributed by atoms with E-state index in [0.29, 0.717) is 26.3 Å². The van der Waals surface area contributed by atoms with Crippen LogP contribution in [0.5, 0.6) is 0 Å². The first-order valence-electron chi connectivity index (χ1n) is 5.87. The SMILES string of the molecule is CCOC(=O)c1[nH]c[nH+]c1C(=O)N1CCOCC1. The Morgan fingerprint density at radius 2 is 2.22 bits per heavy atom. The van der Waals surface area contributed by atoms with Crippen LogP contribution in [0.3, 0.4) is 0 Å². The van der Waals surface area contributed by atoms with Gasteiger partial charge in [0.05, 0.1) is 19.8 Å². The first-order valence-corrected chi connectivity index (χ1v) is 5.87. The van der Waals surface area contributed by atoms with Crippen molar-refractivity contribution in [2.45, 2.75) is 6.92 Å². The second-order valence-electron chi connectivity index (χ2n) is 3.81. The average Bonchev–Trinajstić information content (AvgIpc) is 2.88. The zero-order valence-corrected chi connectivity index (χ0v) is 10.2. The lowest BCUT2D eigenvalue weighted by Crippen LogP contribution is -2.42. The number of hydrogen-bond donors (Lipinski definition) is 1. The Morgan fingerprint density at radius 3 is 2.89 bits per heavy atom. The fraction of sp³-hybridized carbons (Fsp3) is 0.545. The molecular formula is C11H16N3O4+. The maximum absolute atomic E-state index is 12.2. The molecule has 2 rings (SSSR count). The first-order chi connectivity index (χ1) is 8.74. The van der Waals surface area contributed by atoms with Crippen molar-refractivity contribution in [2.75, 3.05) is 32.9 Å². The summed E-state index contributed by atoms with van der Waals surface area (Å²) in [6.45, 7) is 4.08. The molecule has 1 aromatic heterocycles. The highest BCUT2D eigenvalue weighted by molar-refractivity contribution is 6.01. The van der Waals surface area contributed by atoms with E-state index in [1.165, 1.54) is 6.33 Å². The van der Waals surface area contributed by atoms with Crippen LogP contribution in [0.15, 0.2) is 6.33 Å². The Labute approximate surface area is 104 Å². The molecular weight excluding hydrogens is 238 g/mol. The lowest BCUT2D eigenvalue weighted by Gasteiger charge is -2.25. The van der Waals surface area contributed by atoms with Crippen molar-refractivity contribution in [3.63, 3.8) is 0 Å². The number of ether oxygens (including phenoxy) is 2. The van der Waals surface area contributed by atoms with Crippen LogP contribution < -0.4 is 4.98 Å². The van der Waals surface area contributed by atoms with E-state index in [0.717, 1.165) is 0 Å². The molecule has 98 valence electrons. The molecule has 0 atom stereocenters. The lowest BCUT2D eigenvalue weighted by atomic mass is 10.2. The Hall–Kier alpha value is -1.89. The average molecular weight is 254 g/mol. The number of aromatic nitrogens is 2. The minimum atomic E-state index is -0.532. The number of hydrogen-bond acceptors (Lipinski definition) is 4. The zero-order valence-electron chi connectivity index (χ0n) is 10.2. The third-order valence-electron chi connectivity index (χ3n) is 2.67. The number of nitrogens with zero attached hydrogens (tertiary/aromatic N) is 1. The Kier molecular flexibility index (Phi) is 3.93. The molecule has 0 radical (unpaired) electrons. The summed E-state index contributed by atoms with van der Waals surface area (Å²) in [4.78, 5) is 30.9. The Bertz CT molecular complexity index is 437. The van der Waals surface area contributed by atoms with E-state index in [4.69, 9.17) is 9.47 Å². The van der Waals surface area contributed by atoms with Gasteiger partial charge in [0.2, 0.25) is 12.0 Å². The summed E-state index contributed by atoms with van der Waals surface area (Å²) < 4.78 is 10.1. The molecule has 0 aliphatic carbocycles. The van der Waals surface area contributed by atoms with Gasteiger partial charge < -0.3 is 14.4 Å². The first kappa shape index (κ1) is 12.6. The van der Waals surface area contributed by atoms with Gasteiger partial charge in [-0.25, -0.2) is 14.8 Å². The van der Waals surface area contributed by atoms with Gasteiger partial charge in [-0.3, -0.25) is 4.79 Å².